The highest BCUT2D eigenvalue weighted by Crippen LogP contribution is 2.15. The number of esters is 1. The fourth-order valence-electron chi connectivity index (χ4n) is 1.56. The van der Waals surface area contributed by atoms with Crippen molar-refractivity contribution < 1.29 is 9.53 Å². The predicted molar refractivity (Wildman–Crippen MR) is 70.7 cm³/mol. The fraction of sp³-hybridized carbons (Fsp3) is 0.333. The Labute approximate surface area is 108 Å². The molecule has 94 valence electrons. The molecule has 0 aromatic heterocycles. The lowest BCUT2D eigenvalue weighted by Gasteiger charge is -2.07. The van der Waals surface area contributed by atoms with E-state index in [1.165, 1.54) is 0 Å². The molecule has 0 fully saturated rings. The lowest BCUT2D eigenvalue weighted by atomic mass is 10.0. The van der Waals surface area contributed by atoms with E-state index in [9.17, 15) is 4.79 Å². The third-order valence-electron chi connectivity index (χ3n) is 2.41. The summed E-state index contributed by atoms with van der Waals surface area (Å²) in [4.78, 5) is 11.7. The van der Waals surface area contributed by atoms with Crippen LogP contribution in [0.5, 0.6) is 0 Å². The Bertz CT molecular complexity index is 522. The zero-order valence-electron chi connectivity index (χ0n) is 11.2. The molecule has 1 aromatic carbocycles. The normalized spacial score (nSPS) is 11.2. The van der Waals surface area contributed by atoms with Crippen LogP contribution in [0.15, 0.2) is 23.8 Å². The molecule has 0 bridgehead atoms. The van der Waals surface area contributed by atoms with Crippen LogP contribution in [0.2, 0.25) is 0 Å². The minimum atomic E-state index is -0.576. The van der Waals surface area contributed by atoms with Crippen LogP contribution in [-0.2, 0) is 9.53 Å². The van der Waals surface area contributed by atoms with Crippen molar-refractivity contribution in [3.8, 4) is 6.07 Å². The molecule has 3 heteroatoms. The van der Waals surface area contributed by atoms with Gasteiger partial charge in [-0.2, -0.15) is 5.26 Å². The molecule has 0 atom stereocenters. The number of ether oxygens (including phenoxy) is 1. The second kappa shape index (κ2) is 6.02. The second-order valence-electron chi connectivity index (χ2n) is 4.48. The van der Waals surface area contributed by atoms with Gasteiger partial charge >= 0.3 is 5.97 Å². The Hall–Kier alpha value is -2.08. The summed E-state index contributed by atoms with van der Waals surface area (Å²) in [7, 11) is 0. The topological polar surface area (TPSA) is 50.1 Å². The Balaban J connectivity index is 3.05. The Kier molecular flexibility index (Phi) is 4.67. The molecule has 0 saturated heterocycles. The van der Waals surface area contributed by atoms with Crippen molar-refractivity contribution in [2.45, 2.75) is 33.8 Å². The van der Waals surface area contributed by atoms with E-state index in [1.54, 1.807) is 19.9 Å². The Morgan fingerprint density at radius 3 is 2.56 bits per heavy atom. The first-order valence-electron chi connectivity index (χ1n) is 5.84. The molecular formula is C15H17NO2. The van der Waals surface area contributed by atoms with Crippen molar-refractivity contribution in [2.75, 3.05) is 0 Å². The maximum absolute atomic E-state index is 11.7. The average molecular weight is 243 g/mol. The first-order chi connectivity index (χ1) is 8.43. The second-order valence-corrected chi connectivity index (χ2v) is 4.48. The Morgan fingerprint density at radius 1 is 1.39 bits per heavy atom. The third kappa shape index (κ3) is 3.74. The molecule has 1 rings (SSSR count). The van der Waals surface area contributed by atoms with Gasteiger partial charge in [0.05, 0.1) is 6.10 Å². The van der Waals surface area contributed by atoms with Crippen molar-refractivity contribution in [3.63, 3.8) is 0 Å². The lowest BCUT2D eigenvalue weighted by molar-refractivity contribution is -0.142. The van der Waals surface area contributed by atoms with E-state index in [1.807, 2.05) is 38.1 Å². The highest BCUT2D eigenvalue weighted by Gasteiger charge is 2.12. The van der Waals surface area contributed by atoms with E-state index < -0.39 is 5.97 Å². The van der Waals surface area contributed by atoms with Crippen molar-refractivity contribution in [1.29, 1.82) is 5.26 Å². The van der Waals surface area contributed by atoms with Crippen LogP contribution >= 0.6 is 0 Å². The summed E-state index contributed by atoms with van der Waals surface area (Å²) in [5.41, 5.74) is 3.06. The minimum absolute atomic E-state index is 0.0238. The van der Waals surface area contributed by atoms with Crippen LogP contribution in [0.1, 0.15) is 30.5 Å². The van der Waals surface area contributed by atoms with E-state index in [0.29, 0.717) is 0 Å². The average Bonchev–Trinajstić information content (AvgIpc) is 2.27. The maximum Gasteiger partial charge on any atom is 0.349 e. The van der Waals surface area contributed by atoms with Gasteiger partial charge in [0.2, 0.25) is 0 Å². The Morgan fingerprint density at radius 2 is 2.06 bits per heavy atom. The number of nitriles is 1. The highest BCUT2D eigenvalue weighted by atomic mass is 16.5. The summed E-state index contributed by atoms with van der Waals surface area (Å²) in [5.74, 6) is -0.576. The van der Waals surface area contributed by atoms with Crippen LogP contribution in [0.25, 0.3) is 6.08 Å². The number of carbonyl (C=O) groups excluding carboxylic acids is 1. The van der Waals surface area contributed by atoms with Gasteiger partial charge in [-0.25, -0.2) is 4.79 Å². The number of hydrogen-bond donors (Lipinski definition) is 0. The number of aryl methyl sites for hydroxylation is 2. The van der Waals surface area contributed by atoms with Crippen molar-refractivity contribution in [3.05, 3.63) is 40.5 Å². The van der Waals surface area contributed by atoms with Gasteiger partial charge in [0.15, 0.2) is 0 Å². The van der Waals surface area contributed by atoms with Gasteiger partial charge in [-0.15, -0.1) is 0 Å². The lowest BCUT2D eigenvalue weighted by Crippen LogP contribution is -2.12. The molecule has 0 aliphatic carbocycles. The number of carbonyl (C=O) groups is 1. The first-order valence-corrected chi connectivity index (χ1v) is 5.84. The SMILES string of the molecule is Cc1ccc(/C=C(\C#N)C(=O)OC(C)C)c(C)c1. The van der Waals surface area contributed by atoms with Crippen LogP contribution in [-0.4, -0.2) is 12.1 Å². The minimum Gasteiger partial charge on any atom is -0.459 e. The number of benzene rings is 1. The van der Waals surface area contributed by atoms with E-state index in [2.05, 4.69) is 0 Å². The molecule has 0 unspecified atom stereocenters. The zero-order chi connectivity index (χ0) is 13.7. The van der Waals surface area contributed by atoms with Gasteiger partial charge in [0.25, 0.3) is 0 Å². The van der Waals surface area contributed by atoms with Crippen LogP contribution in [0.4, 0.5) is 0 Å². The summed E-state index contributed by atoms with van der Waals surface area (Å²) in [6, 6.07) is 7.73. The summed E-state index contributed by atoms with van der Waals surface area (Å²) < 4.78 is 5.01. The number of hydrogen-bond acceptors (Lipinski definition) is 3. The molecule has 3 nitrogen and oxygen atoms in total. The molecule has 0 spiro atoms. The summed E-state index contributed by atoms with van der Waals surface area (Å²) in [5, 5.41) is 9.00. The molecule has 0 amide bonds. The number of rotatable bonds is 3. The van der Waals surface area contributed by atoms with Crippen LogP contribution in [0, 0.1) is 25.2 Å². The van der Waals surface area contributed by atoms with Gasteiger partial charge in [0, 0.05) is 0 Å². The predicted octanol–water partition coefficient (Wildman–Crippen LogP) is 3.16. The van der Waals surface area contributed by atoms with Gasteiger partial charge < -0.3 is 4.74 Å². The van der Waals surface area contributed by atoms with Crippen LogP contribution < -0.4 is 0 Å². The van der Waals surface area contributed by atoms with Crippen LogP contribution in [0.3, 0.4) is 0 Å². The summed E-state index contributed by atoms with van der Waals surface area (Å²) in [6.45, 7) is 7.45. The fourth-order valence-corrected chi connectivity index (χ4v) is 1.56. The number of nitrogens with zero attached hydrogens (tertiary/aromatic N) is 1. The third-order valence-corrected chi connectivity index (χ3v) is 2.41. The largest absolute Gasteiger partial charge is 0.459 e. The monoisotopic (exact) mass is 243 g/mol. The molecule has 0 heterocycles. The molecule has 0 aliphatic heterocycles. The van der Waals surface area contributed by atoms with E-state index in [-0.39, 0.29) is 11.7 Å². The van der Waals surface area contributed by atoms with Gasteiger partial charge in [-0.1, -0.05) is 23.8 Å². The quantitative estimate of drug-likeness (QED) is 0.465. The van der Waals surface area contributed by atoms with Crippen molar-refractivity contribution in [2.24, 2.45) is 0 Å². The maximum atomic E-state index is 11.7. The van der Waals surface area contributed by atoms with Crippen molar-refractivity contribution >= 4 is 12.0 Å². The molecule has 0 N–H and O–H groups in total. The van der Waals surface area contributed by atoms with Gasteiger partial charge in [-0.3, -0.25) is 0 Å². The molecule has 0 radical (unpaired) electrons. The highest BCUT2D eigenvalue weighted by molar-refractivity contribution is 5.98. The summed E-state index contributed by atoms with van der Waals surface area (Å²) >= 11 is 0. The standard InChI is InChI=1S/C15H17NO2/c1-10(2)18-15(17)14(9-16)8-13-6-5-11(3)7-12(13)4/h5-8,10H,1-4H3/b14-8+. The van der Waals surface area contributed by atoms with Gasteiger partial charge in [0.1, 0.15) is 11.6 Å². The van der Waals surface area contributed by atoms with E-state index >= 15 is 0 Å². The molecular weight excluding hydrogens is 226 g/mol. The first kappa shape index (κ1) is 14.0. The zero-order valence-corrected chi connectivity index (χ0v) is 11.2. The van der Waals surface area contributed by atoms with Gasteiger partial charge in [-0.05, 0) is 44.9 Å². The summed E-state index contributed by atoms with van der Waals surface area (Å²) in [6.07, 6.45) is 1.34. The van der Waals surface area contributed by atoms with E-state index in [0.717, 1.165) is 16.7 Å². The molecule has 0 saturated carbocycles. The molecule has 0 aliphatic rings. The smallest absolute Gasteiger partial charge is 0.349 e. The molecule has 18 heavy (non-hydrogen) atoms. The van der Waals surface area contributed by atoms with E-state index in [4.69, 9.17) is 10.00 Å². The van der Waals surface area contributed by atoms with Crippen molar-refractivity contribution in [1.82, 2.24) is 0 Å². The molecule has 1 aromatic rings.